The summed E-state index contributed by atoms with van der Waals surface area (Å²) in [4.78, 5) is 24.4. The summed E-state index contributed by atoms with van der Waals surface area (Å²) in [6.45, 7) is 5.90. The van der Waals surface area contributed by atoms with Gasteiger partial charge >= 0.3 is 6.09 Å². The van der Waals surface area contributed by atoms with Crippen molar-refractivity contribution in [3.63, 3.8) is 0 Å². The van der Waals surface area contributed by atoms with Crippen molar-refractivity contribution in [3.8, 4) is 5.69 Å². The van der Waals surface area contributed by atoms with Crippen LogP contribution in [0.5, 0.6) is 0 Å². The van der Waals surface area contributed by atoms with Gasteiger partial charge in [0.15, 0.2) is 0 Å². The maximum Gasteiger partial charge on any atom is 0.407 e. The molecule has 1 saturated carbocycles. The molecular weight excluding hydrogens is 415 g/mol. The topological polar surface area (TPSA) is 85.2 Å². The highest BCUT2D eigenvalue weighted by Gasteiger charge is 2.33. The molecule has 1 aromatic carbocycles. The zero-order valence-corrected chi connectivity index (χ0v) is 18.1. The van der Waals surface area contributed by atoms with Gasteiger partial charge in [-0.3, -0.25) is 4.79 Å². The molecule has 1 aliphatic carbocycles. The molecule has 9 heteroatoms. The van der Waals surface area contributed by atoms with Crippen LogP contribution in [0.2, 0.25) is 10.0 Å². The number of aromatic nitrogens is 2. The largest absolute Gasteiger partial charge is 0.444 e. The van der Waals surface area contributed by atoms with Crippen molar-refractivity contribution in [3.05, 3.63) is 45.7 Å². The molecule has 29 heavy (non-hydrogen) atoms. The van der Waals surface area contributed by atoms with E-state index in [9.17, 15) is 9.59 Å². The van der Waals surface area contributed by atoms with Crippen LogP contribution in [0.25, 0.3) is 5.69 Å². The van der Waals surface area contributed by atoms with Crippen molar-refractivity contribution in [1.82, 2.24) is 20.4 Å². The number of nitrogens with zero attached hydrogens (tertiary/aromatic N) is 2. The first-order valence-corrected chi connectivity index (χ1v) is 10.2. The van der Waals surface area contributed by atoms with Gasteiger partial charge in [0.25, 0.3) is 5.91 Å². The fourth-order valence-electron chi connectivity index (χ4n) is 2.88. The number of hydrogen-bond acceptors (Lipinski definition) is 4. The molecule has 1 aromatic heterocycles. The van der Waals surface area contributed by atoms with E-state index >= 15 is 0 Å². The highest BCUT2D eigenvalue weighted by Crippen LogP contribution is 2.43. The van der Waals surface area contributed by atoms with E-state index in [-0.39, 0.29) is 24.9 Å². The monoisotopic (exact) mass is 438 g/mol. The quantitative estimate of drug-likeness (QED) is 0.657. The second-order valence-electron chi connectivity index (χ2n) is 7.91. The number of carbonyl (C=O) groups is 2. The Morgan fingerprint density at radius 3 is 2.52 bits per heavy atom. The van der Waals surface area contributed by atoms with Gasteiger partial charge in [-0.15, -0.1) is 0 Å². The number of ether oxygens (including phenoxy) is 1. The maximum atomic E-state index is 12.7. The summed E-state index contributed by atoms with van der Waals surface area (Å²) < 4.78 is 6.87. The average Bonchev–Trinajstić information content (AvgIpc) is 3.36. The molecule has 3 rings (SSSR count). The molecule has 1 fully saturated rings. The Hall–Kier alpha value is -2.25. The lowest BCUT2D eigenvalue weighted by Gasteiger charge is -2.19. The second kappa shape index (κ2) is 8.63. The Morgan fingerprint density at radius 1 is 1.21 bits per heavy atom. The van der Waals surface area contributed by atoms with Crippen LogP contribution in [-0.4, -0.2) is 40.5 Å². The highest BCUT2D eigenvalue weighted by atomic mass is 35.5. The van der Waals surface area contributed by atoms with Crippen LogP contribution in [0, 0.1) is 0 Å². The van der Waals surface area contributed by atoms with Crippen molar-refractivity contribution >= 4 is 35.2 Å². The Kier molecular flexibility index (Phi) is 6.39. The standard InChI is InChI=1S/C20H24Cl2N4O3/c1-20(2,3)29-19(28)24-9-8-23-18(27)14-11-25-26(17(14)12-4-5-12)16-7-6-13(21)10-15(16)22/h6-7,10-12H,4-5,8-9H2,1-3H3,(H,23,27)(H,24,28). The lowest BCUT2D eigenvalue weighted by Crippen LogP contribution is -2.38. The summed E-state index contributed by atoms with van der Waals surface area (Å²) in [7, 11) is 0. The summed E-state index contributed by atoms with van der Waals surface area (Å²) in [6.07, 6.45) is 3.03. The Balaban J connectivity index is 1.66. The molecule has 1 heterocycles. The van der Waals surface area contributed by atoms with Gasteiger partial charge in [0.2, 0.25) is 0 Å². The smallest absolute Gasteiger partial charge is 0.407 e. The van der Waals surface area contributed by atoms with E-state index in [4.69, 9.17) is 27.9 Å². The summed E-state index contributed by atoms with van der Waals surface area (Å²) in [5, 5.41) is 10.8. The SMILES string of the molecule is CC(C)(C)OC(=O)NCCNC(=O)c1cnn(-c2ccc(Cl)cc2Cl)c1C1CC1. The van der Waals surface area contributed by atoms with E-state index < -0.39 is 11.7 Å². The lowest BCUT2D eigenvalue weighted by atomic mass is 10.1. The van der Waals surface area contributed by atoms with Crippen LogP contribution < -0.4 is 10.6 Å². The van der Waals surface area contributed by atoms with E-state index in [2.05, 4.69) is 15.7 Å². The second-order valence-corrected chi connectivity index (χ2v) is 8.75. The molecule has 2 amide bonds. The molecule has 0 bridgehead atoms. The number of rotatable bonds is 6. The molecule has 0 saturated heterocycles. The first kappa shape index (κ1) is 21.5. The number of amides is 2. The van der Waals surface area contributed by atoms with Crippen LogP contribution in [0.1, 0.15) is 55.6 Å². The van der Waals surface area contributed by atoms with E-state index in [0.29, 0.717) is 21.3 Å². The van der Waals surface area contributed by atoms with Crippen LogP contribution in [0.15, 0.2) is 24.4 Å². The van der Waals surface area contributed by atoms with E-state index in [1.54, 1.807) is 49.8 Å². The van der Waals surface area contributed by atoms with Gasteiger partial charge in [-0.05, 0) is 51.8 Å². The highest BCUT2D eigenvalue weighted by molar-refractivity contribution is 6.35. The van der Waals surface area contributed by atoms with Gasteiger partial charge in [0, 0.05) is 24.0 Å². The van der Waals surface area contributed by atoms with Gasteiger partial charge in [-0.1, -0.05) is 23.2 Å². The van der Waals surface area contributed by atoms with Crippen LogP contribution in [0.3, 0.4) is 0 Å². The summed E-state index contributed by atoms with van der Waals surface area (Å²) in [5.41, 5.74) is 1.47. The molecule has 0 atom stereocenters. The zero-order chi connectivity index (χ0) is 21.2. The maximum absolute atomic E-state index is 12.7. The molecule has 0 unspecified atom stereocenters. The van der Waals surface area contributed by atoms with Crippen molar-refractivity contribution in [2.75, 3.05) is 13.1 Å². The van der Waals surface area contributed by atoms with Crippen LogP contribution in [0.4, 0.5) is 4.79 Å². The third-order valence-corrected chi connectivity index (χ3v) is 4.77. The van der Waals surface area contributed by atoms with E-state index in [1.807, 2.05) is 0 Å². The number of alkyl carbamates (subject to hydrolysis) is 1. The van der Waals surface area contributed by atoms with Crippen molar-refractivity contribution in [2.24, 2.45) is 0 Å². The van der Waals surface area contributed by atoms with Gasteiger partial charge in [0.05, 0.1) is 28.2 Å². The van der Waals surface area contributed by atoms with Crippen molar-refractivity contribution in [1.29, 1.82) is 0 Å². The zero-order valence-electron chi connectivity index (χ0n) is 16.6. The predicted octanol–water partition coefficient (Wildman–Crippen LogP) is 4.31. The molecule has 0 spiro atoms. The average molecular weight is 439 g/mol. The number of carbonyl (C=O) groups excluding carboxylic acids is 2. The predicted molar refractivity (Wildman–Crippen MR) is 112 cm³/mol. The molecule has 156 valence electrons. The third kappa shape index (κ3) is 5.64. The van der Waals surface area contributed by atoms with E-state index in [1.165, 1.54) is 0 Å². The normalized spacial score (nSPS) is 13.8. The molecule has 1 aliphatic rings. The first-order chi connectivity index (χ1) is 13.7. The number of hydrogen-bond donors (Lipinski definition) is 2. The molecule has 0 aliphatic heterocycles. The fraction of sp³-hybridized carbons (Fsp3) is 0.450. The molecule has 0 radical (unpaired) electrons. The minimum Gasteiger partial charge on any atom is -0.444 e. The van der Waals surface area contributed by atoms with Gasteiger partial charge < -0.3 is 15.4 Å². The Bertz CT molecular complexity index is 917. The van der Waals surface area contributed by atoms with Gasteiger partial charge in [0.1, 0.15) is 5.60 Å². The van der Waals surface area contributed by atoms with Crippen LogP contribution in [-0.2, 0) is 4.74 Å². The summed E-state index contributed by atoms with van der Waals surface area (Å²) >= 11 is 12.3. The molecule has 7 nitrogen and oxygen atoms in total. The summed E-state index contributed by atoms with van der Waals surface area (Å²) in [5.74, 6) is 0.0270. The number of halogens is 2. The van der Waals surface area contributed by atoms with Crippen molar-refractivity contribution < 1.29 is 14.3 Å². The lowest BCUT2D eigenvalue weighted by molar-refractivity contribution is 0.0526. The van der Waals surface area contributed by atoms with Gasteiger partial charge in [-0.25, -0.2) is 9.48 Å². The van der Waals surface area contributed by atoms with Gasteiger partial charge in [-0.2, -0.15) is 5.10 Å². The van der Waals surface area contributed by atoms with E-state index in [0.717, 1.165) is 18.5 Å². The number of nitrogens with one attached hydrogen (secondary N) is 2. The minimum absolute atomic E-state index is 0.241. The first-order valence-electron chi connectivity index (χ1n) is 9.44. The third-order valence-electron chi connectivity index (χ3n) is 4.23. The van der Waals surface area contributed by atoms with Crippen molar-refractivity contribution in [2.45, 2.75) is 45.1 Å². The number of benzene rings is 1. The fourth-order valence-corrected chi connectivity index (χ4v) is 3.37. The minimum atomic E-state index is -0.565. The molecular formula is C20H24Cl2N4O3. The van der Waals surface area contributed by atoms with Crippen LogP contribution >= 0.6 is 23.2 Å². The molecule has 2 aromatic rings. The Labute approximate surface area is 179 Å². The summed E-state index contributed by atoms with van der Waals surface area (Å²) in [6, 6.07) is 5.18. The molecule has 2 N–H and O–H groups in total. The Morgan fingerprint density at radius 2 is 1.90 bits per heavy atom.